The predicted molar refractivity (Wildman–Crippen MR) is 109 cm³/mol. The van der Waals surface area contributed by atoms with Gasteiger partial charge < -0.3 is 24.7 Å². The van der Waals surface area contributed by atoms with Crippen LogP contribution in [0.15, 0.2) is 48.1 Å². The zero-order valence-electron chi connectivity index (χ0n) is 16.1. The summed E-state index contributed by atoms with van der Waals surface area (Å²) in [4.78, 5) is 18.2. The Labute approximate surface area is 168 Å². The molecule has 2 aromatic heterocycles. The van der Waals surface area contributed by atoms with E-state index in [4.69, 9.17) is 9.47 Å². The molecular formula is C20H24N4O3S. The van der Waals surface area contributed by atoms with Crippen molar-refractivity contribution in [3.8, 4) is 11.5 Å². The molecule has 7 nitrogen and oxygen atoms in total. The molecule has 0 spiro atoms. The molecule has 2 amide bonds. The second-order valence-electron chi connectivity index (χ2n) is 6.20. The van der Waals surface area contributed by atoms with Crippen LogP contribution >= 0.6 is 11.3 Å². The van der Waals surface area contributed by atoms with E-state index in [1.165, 1.54) is 4.88 Å². The molecule has 0 aliphatic heterocycles. The standard InChI is InChI=1S/C20H24N4O3S/c1-24-9-8-21-19(24)18(14-11-15(26-2)13-16(12-14)27-3)23-20(25)22-7-6-17-5-4-10-28-17/h4-5,8-13,18H,6-7H2,1-3H3,(H2,22,23,25)/t18-/m0/s1. The van der Waals surface area contributed by atoms with Gasteiger partial charge in [0.1, 0.15) is 23.4 Å². The number of amides is 2. The predicted octanol–water partition coefficient (Wildman–Crippen LogP) is 3.13. The molecule has 0 saturated heterocycles. The van der Waals surface area contributed by atoms with Crippen LogP contribution in [0.2, 0.25) is 0 Å². The van der Waals surface area contributed by atoms with Gasteiger partial charge in [0.2, 0.25) is 0 Å². The van der Waals surface area contributed by atoms with Crippen molar-refractivity contribution < 1.29 is 14.3 Å². The number of thiophene rings is 1. The number of imidazole rings is 1. The number of aryl methyl sites for hydroxylation is 1. The topological polar surface area (TPSA) is 77.4 Å². The molecule has 0 bridgehead atoms. The van der Waals surface area contributed by atoms with Crippen LogP contribution in [0.3, 0.4) is 0 Å². The molecule has 0 aliphatic rings. The van der Waals surface area contributed by atoms with Gasteiger partial charge >= 0.3 is 6.03 Å². The number of nitrogens with one attached hydrogen (secondary N) is 2. The fraction of sp³-hybridized carbons (Fsp3) is 0.300. The van der Waals surface area contributed by atoms with Crippen molar-refractivity contribution in [3.05, 3.63) is 64.4 Å². The number of carbonyl (C=O) groups is 1. The van der Waals surface area contributed by atoms with Crippen LogP contribution in [0.1, 0.15) is 22.3 Å². The van der Waals surface area contributed by atoms with Gasteiger partial charge in [-0.05, 0) is 35.6 Å². The first-order valence-electron chi connectivity index (χ1n) is 8.87. The summed E-state index contributed by atoms with van der Waals surface area (Å²) in [6.07, 6.45) is 4.34. The van der Waals surface area contributed by atoms with Gasteiger partial charge in [-0.25, -0.2) is 9.78 Å². The molecule has 28 heavy (non-hydrogen) atoms. The summed E-state index contributed by atoms with van der Waals surface area (Å²) in [5.41, 5.74) is 0.818. The minimum Gasteiger partial charge on any atom is -0.497 e. The average Bonchev–Trinajstić information content (AvgIpc) is 3.37. The van der Waals surface area contributed by atoms with Gasteiger partial charge in [0.25, 0.3) is 0 Å². The molecule has 2 heterocycles. The highest BCUT2D eigenvalue weighted by molar-refractivity contribution is 7.09. The normalized spacial score (nSPS) is 11.7. The number of carbonyl (C=O) groups excluding carboxylic acids is 1. The number of rotatable bonds is 8. The Hall–Kier alpha value is -3.00. The molecule has 0 aliphatic carbocycles. The molecule has 0 radical (unpaired) electrons. The van der Waals surface area contributed by atoms with E-state index in [1.807, 2.05) is 41.4 Å². The fourth-order valence-corrected chi connectivity index (χ4v) is 3.59. The zero-order chi connectivity index (χ0) is 19.9. The monoisotopic (exact) mass is 400 g/mol. The van der Waals surface area contributed by atoms with Gasteiger partial charge in [-0.15, -0.1) is 11.3 Å². The van der Waals surface area contributed by atoms with Gasteiger partial charge in [0.15, 0.2) is 0 Å². The van der Waals surface area contributed by atoms with Gasteiger partial charge in [0, 0.05) is 36.9 Å². The average molecular weight is 401 g/mol. The van der Waals surface area contributed by atoms with E-state index in [-0.39, 0.29) is 6.03 Å². The summed E-state index contributed by atoms with van der Waals surface area (Å²) in [5, 5.41) is 7.97. The third-order valence-electron chi connectivity index (χ3n) is 4.34. The Morgan fingerprint density at radius 3 is 2.57 bits per heavy atom. The third-order valence-corrected chi connectivity index (χ3v) is 5.27. The Kier molecular flexibility index (Phi) is 6.54. The third kappa shape index (κ3) is 4.83. The maximum absolute atomic E-state index is 12.6. The van der Waals surface area contributed by atoms with E-state index in [2.05, 4.69) is 21.7 Å². The molecule has 1 aromatic carbocycles. The van der Waals surface area contributed by atoms with Crippen LogP contribution in [-0.4, -0.2) is 36.3 Å². The highest BCUT2D eigenvalue weighted by Crippen LogP contribution is 2.29. The van der Waals surface area contributed by atoms with E-state index in [0.717, 1.165) is 12.0 Å². The van der Waals surface area contributed by atoms with Crippen LogP contribution < -0.4 is 20.1 Å². The molecule has 1 atom stereocenters. The number of ether oxygens (including phenoxy) is 2. The summed E-state index contributed by atoms with van der Waals surface area (Å²) in [6.45, 7) is 0.557. The quantitative estimate of drug-likeness (QED) is 0.609. The van der Waals surface area contributed by atoms with Gasteiger partial charge in [-0.3, -0.25) is 0 Å². The Morgan fingerprint density at radius 2 is 2.00 bits per heavy atom. The number of hydrogen-bond donors (Lipinski definition) is 2. The van der Waals surface area contributed by atoms with Crippen molar-refractivity contribution >= 4 is 17.4 Å². The van der Waals surface area contributed by atoms with Gasteiger partial charge in [-0.2, -0.15) is 0 Å². The summed E-state index contributed by atoms with van der Waals surface area (Å²) >= 11 is 1.68. The van der Waals surface area contributed by atoms with Crippen LogP contribution in [0.4, 0.5) is 4.79 Å². The highest BCUT2D eigenvalue weighted by Gasteiger charge is 2.22. The highest BCUT2D eigenvalue weighted by atomic mass is 32.1. The van der Waals surface area contributed by atoms with Crippen LogP contribution in [-0.2, 0) is 13.5 Å². The van der Waals surface area contributed by atoms with E-state index in [1.54, 1.807) is 37.8 Å². The van der Waals surface area contributed by atoms with Crippen LogP contribution in [0.25, 0.3) is 0 Å². The Morgan fingerprint density at radius 1 is 1.25 bits per heavy atom. The van der Waals surface area contributed by atoms with Gasteiger partial charge in [0.05, 0.1) is 14.2 Å². The van der Waals surface area contributed by atoms with Crippen LogP contribution in [0, 0.1) is 0 Å². The maximum Gasteiger partial charge on any atom is 0.315 e. The maximum atomic E-state index is 12.6. The molecule has 3 rings (SSSR count). The first-order chi connectivity index (χ1) is 13.6. The van der Waals surface area contributed by atoms with Crippen molar-refractivity contribution in [1.29, 1.82) is 0 Å². The molecule has 0 fully saturated rings. The van der Waals surface area contributed by atoms with Crippen LogP contribution in [0.5, 0.6) is 11.5 Å². The van der Waals surface area contributed by atoms with E-state index in [0.29, 0.717) is 23.9 Å². The number of methoxy groups -OCH3 is 2. The van der Waals surface area contributed by atoms with E-state index < -0.39 is 6.04 Å². The largest absolute Gasteiger partial charge is 0.497 e. The van der Waals surface area contributed by atoms with Crippen molar-refractivity contribution in [1.82, 2.24) is 20.2 Å². The molecule has 2 N–H and O–H groups in total. The lowest BCUT2D eigenvalue weighted by Crippen LogP contribution is -2.40. The zero-order valence-corrected chi connectivity index (χ0v) is 17.0. The smallest absolute Gasteiger partial charge is 0.315 e. The number of aromatic nitrogens is 2. The number of hydrogen-bond acceptors (Lipinski definition) is 5. The lowest BCUT2D eigenvalue weighted by molar-refractivity contribution is 0.238. The molecule has 0 saturated carbocycles. The minimum absolute atomic E-state index is 0.258. The number of nitrogens with zero attached hydrogens (tertiary/aromatic N) is 2. The summed E-state index contributed by atoms with van der Waals surface area (Å²) < 4.78 is 12.6. The summed E-state index contributed by atoms with van der Waals surface area (Å²) in [6, 6.07) is 8.88. The first-order valence-corrected chi connectivity index (χ1v) is 9.75. The molecular weight excluding hydrogens is 376 g/mol. The molecule has 3 aromatic rings. The first kappa shape index (κ1) is 19.8. The van der Waals surface area contributed by atoms with Gasteiger partial charge in [-0.1, -0.05) is 6.07 Å². The Balaban J connectivity index is 1.78. The minimum atomic E-state index is -0.453. The lowest BCUT2D eigenvalue weighted by Gasteiger charge is -2.21. The van der Waals surface area contributed by atoms with E-state index >= 15 is 0 Å². The fourth-order valence-electron chi connectivity index (χ4n) is 2.88. The summed E-state index contributed by atoms with van der Waals surface area (Å²) in [7, 11) is 5.08. The summed E-state index contributed by atoms with van der Waals surface area (Å²) in [5.74, 6) is 2.01. The Bertz CT molecular complexity index is 886. The molecule has 8 heteroatoms. The molecule has 148 valence electrons. The second kappa shape index (κ2) is 9.27. The lowest BCUT2D eigenvalue weighted by atomic mass is 10.1. The molecule has 0 unspecified atom stereocenters. The van der Waals surface area contributed by atoms with Crippen molar-refractivity contribution in [3.63, 3.8) is 0 Å². The number of benzene rings is 1. The number of urea groups is 1. The second-order valence-corrected chi connectivity index (χ2v) is 7.24. The van der Waals surface area contributed by atoms with E-state index in [9.17, 15) is 4.79 Å². The SMILES string of the molecule is COc1cc(OC)cc([C@H](NC(=O)NCCc2cccs2)c2nccn2C)c1. The van der Waals surface area contributed by atoms with Crippen molar-refractivity contribution in [2.45, 2.75) is 12.5 Å². The van der Waals surface area contributed by atoms with Crippen molar-refractivity contribution in [2.24, 2.45) is 7.05 Å². The van der Waals surface area contributed by atoms with Crippen molar-refractivity contribution in [2.75, 3.05) is 20.8 Å².